The number of aliphatic hydroxyl groups is 1. The summed E-state index contributed by atoms with van der Waals surface area (Å²) < 4.78 is 7.68. The molecule has 3 atom stereocenters. The Morgan fingerprint density at radius 2 is 2.42 bits per heavy atom. The SMILES string of the molecule is CCCn1nccc1C(O)C1(OC)CCCC(C)C1. The van der Waals surface area contributed by atoms with Crippen molar-refractivity contribution < 1.29 is 9.84 Å². The molecule has 4 nitrogen and oxygen atoms in total. The van der Waals surface area contributed by atoms with Crippen molar-refractivity contribution in [2.24, 2.45) is 5.92 Å². The highest BCUT2D eigenvalue weighted by Gasteiger charge is 2.43. The normalized spacial score (nSPS) is 29.4. The van der Waals surface area contributed by atoms with Gasteiger partial charge in [0.2, 0.25) is 0 Å². The first kappa shape index (κ1) is 14.5. The van der Waals surface area contributed by atoms with Crippen LogP contribution in [0.15, 0.2) is 12.3 Å². The lowest BCUT2D eigenvalue weighted by molar-refractivity contribution is -0.136. The van der Waals surface area contributed by atoms with E-state index in [-0.39, 0.29) is 0 Å². The van der Waals surface area contributed by atoms with Crippen LogP contribution in [0, 0.1) is 5.92 Å². The molecular weight excluding hydrogens is 240 g/mol. The zero-order chi connectivity index (χ0) is 13.9. The van der Waals surface area contributed by atoms with E-state index in [0.717, 1.165) is 37.9 Å². The van der Waals surface area contributed by atoms with Crippen molar-refractivity contribution >= 4 is 0 Å². The molecule has 108 valence electrons. The molecule has 1 heterocycles. The first-order valence-corrected chi connectivity index (χ1v) is 7.38. The van der Waals surface area contributed by atoms with Gasteiger partial charge in [0.05, 0.1) is 11.3 Å². The number of aromatic nitrogens is 2. The van der Waals surface area contributed by atoms with Crippen LogP contribution >= 0.6 is 0 Å². The van der Waals surface area contributed by atoms with Crippen LogP contribution < -0.4 is 0 Å². The third-order valence-corrected chi connectivity index (χ3v) is 4.36. The maximum Gasteiger partial charge on any atom is 0.124 e. The monoisotopic (exact) mass is 266 g/mol. The number of methoxy groups -OCH3 is 1. The summed E-state index contributed by atoms with van der Waals surface area (Å²) in [7, 11) is 1.72. The fourth-order valence-electron chi connectivity index (χ4n) is 3.33. The van der Waals surface area contributed by atoms with Crippen molar-refractivity contribution in [1.82, 2.24) is 9.78 Å². The minimum absolute atomic E-state index is 0.441. The molecule has 0 amide bonds. The highest BCUT2D eigenvalue weighted by molar-refractivity contribution is 5.11. The van der Waals surface area contributed by atoms with Crippen molar-refractivity contribution in [2.45, 2.75) is 64.2 Å². The molecule has 0 radical (unpaired) electrons. The molecule has 0 aromatic carbocycles. The van der Waals surface area contributed by atoms with Crippen LogP contribution in [0.3, 0.4) is 0 Å². The molecule has 19 heavy (non-hydrogen) atoms. The van der Waals surface area contributed by atoms with Crippen molar-refractivity contribution in [3.05, 3.63) is 18.0 Å². The number of nitrogens with zero attached hydrogens (tertiary/aromatic N) is 2. The maximum atomic E-state index is 10.8. The summed E-state index contributed by atoms with van der Waals surface area (Å²) in [6, 6.07) is 1.92. The Hall–Kier alpha value is -0.870. The summed E-state index contributed by atoms with van der Waals surface area (Å²) in [5, 5.41) is 15.1. The average Bonchev–Trinajstić information content (AvgIpc) is 2.86. The topological polar surface area (TPSA) is 47.3 Å². The number of hydrogen-bond acceptors (Lipinski definition) is 3. The van der Waals surface area contributed by atoms with Gasteiger partial charge in [0.25, 0.3) is 0 Å². The van der Waals surface area contributed by atoms with Gasteiger partial charge in [-0.15, -0.1) is 0 Å². The highest BCUT2D eigenvalue weighted by atomic mass is 16.5. The van der Waals surface area contributed by atoms with Gasteiger partial charge in [0, 0.05) is 19.9 Å². The van der Waals surface area contributed by atoms with Gasteiger partial charge < -0.3 is 9.84 Å². The Balaban J connectivity index is 2.24. The third-order valence-electron chi connectivity index (χ3n) is 4.36. The predicted molar refractivity (Wildman–Crippen MR) is 74.8 cm³/mol. The molecule has 0 spiro atoms. The van der Waals surface area contributed by atoms with Gasteiger partial charge >= 0.3 is 0 Å². The van der Waals surface area contributed by atoms with Gasteiger partial charge in [-0.2, -0.15) is 5.10 Å². The Morgan fingerprint density at radius 3 is 3.05 bits per heavy atom. The van der Waals surface area contributed by atoms with Crippen LogP contribution in [0.4, 0.5) is 0 Å². The molecule has 0 saturated heterocycles. The largest absolute Gasteiger partial charge is 0.384 e. The van der Waals surface area contributed by atoms with E-state index in [1.165, 1.54) is 6.42 Å². The second kappa shape index (κ2) is 6.06. The molecule has 4 heteroatoms. The molecule has 2 rings (SSSR count). The average molecular weight is 266 g/mol. The van der Waals surface area contributed by atoms with Crippen molar-refractivity contribution in [3.63, 3.8) is 0 Å². The summed E-state index contributed by atoms with van der Waals surface area (Å²) in [5.41, 5.74) is 0.446. The molecule has 3 unspecified atom stereocenters. The Labute approximate surface area is 115 Å². The molecule has 1 aromatic heterocycles. The van der Waals surface area contributed by atoms with Crippen LogP contribution in [-0.2, 0) is 11.3 Å². The molecule has 1 saturated carbocycles. The first-order valence-electron chi connectivity index (χ1n) is 7.38. The molecule has 1 aliphatic carbocycles. The van der Waals surface area contributed by atoms with Crippen molar-refractivity contribution in [2.75, 3.05) is 7.11 Å². The van der Waals surface area contributed by atoms with Gasteiger partial charge in [-0.3, -0.25) is 4.68 Å². The fraction of sp³-hybridized carbons (Fsp3) is 0.800. The Bertz CT molecular complexity index is 405. The number of aliphatic hydroxyl groups excluding tert-OH is 1. The summed E-state index contributed by atoms with van der Waals surface area (Å²) in [6.45, 7) is 5.20. The quantitative estimate of drug-likeness (QED) is 0.891. The van der Waals surface area contributed by atoms with E-state index in [1.54, 1.807) is 13.3 Å². The number of aryl methyl sites for hydroxylation is 1. The second-order valence-corrected chi connectivity index (χ2v) is 5.85. The van der Waals surface area contributed by atoms with Gasteiger partial charge in [0.15, 0.2) is 0 Å². The van der Waals surface area contributed by atoms with E-state index in [9.17, 15) is 5.11 Å². The highest BCUT2D eigenvalue weighted by Crippen LogP contribution is 2.43. The predicted octanol–water partition coefficient (Wildman–Crippen LogP) is 2.92. The van der Waals surface area contributed by atoms with Crippen LogP contribution in [0.25, 0.3) is 0 Å². The Kier molecular flexibility index (Phi) is 4.63. The van der Waals surface area contributed by atoms with Crippen LogP contribution in [0.2, 0.25) is 0 Å². The van der Waals surface area contributed by atoms with E-state index in [2.05, 4.69) is 18.9 Å². The number of ether oxygens (including phenoxy) is 1. The fourth-order valence-corrected chi connectivity index (χ4v) is 3.33. The molecule has 1 fully saturated rings. The van der Waals surface area contributed by atoms with E-state index >= 15 is 0 Å². The summed E-state index contributed by atoms with van der Waals surface area (Å²) >= 11 is 0. The lowest BCUT2D eigenvalue weighted by atomic mass is 9.75. The minimum Gasteiger partial charge on any atom is -0.384 e. The van der Waals surface area contributed by atoms with Gasteiger partial charge in [-0.25, -0.2) is 0 Å². The van der Waals surface area contributed by atoms with Crippen molar-refractivity contribution in [1.29, 1.82) is 0 Å². The van der Waals surface area contributed by atoms with E-state index in [1.807, 2.05) is 10.7 Å². The van der Waals surface area contributed by atoms with E-state index in [0.29, 0.717) is 5.92 Å². The summed E-state index contributed by atoms with van der Waals surface area (Å²) in [6.07, 6.45) is 6.38. The van der Waals surface area contributed by atoms with Crippen molar-refractivity contribution in [3.8, 4) is 0 Å². The smallest absolute Gasteiger partial charge is 0.124 e. The maximum absolute atomic E-state index is 10.8. The minimum atomic E-state index is -0.589. The lowest BCUT2D eigenvalue weighted by Gasteiger charge is -2.42. The first-order chi connectivity index (χ1) is 9.13. The number of hydrogen-bond donors (Lipinski definition) is 1. The van der Waals surface area contributed by atoms with Gasteiger partial charge in [-0.1, -0.05) is 26.7 Å². The molecular formula is C15H26N2O2. The summed E-state index contributed by atoms with van der Waals surface area (Å²) in [4.78, 5) is 0. The molecule has 0 bridgehead atoms. The second-order valence-electron chi connectivity index (χ2n) is 5.85. The molecule has 1 N–H and O–H groups in total. The lowest BCUT2D eigenvalue weighted by Crippen LogP contribution is -2.43. The van der Waals surface area contributed by atoms with Crippen LogP contribution in [0.1, 0.15) is 57.7 Å². The van der Waals surface area contributed by atoms with E-state index in [4.69, 9.17) is 4.74 Å². The summed E-state index contributed by atoms with van der Waals surface area (Å²) in [5.74, 6) is 0.603. The molecule has 1 aromatic rings. The third kappa shape index (κ3) is 2.84. The van der Waals surface area contributed by atoms with Gasteiger partial charge in [-0.05, 0) is 31.2 Å². The standard InChI is InChI=1S/C15H26N2O2/c1-4-10-17-13(7-9-16-17)14(18)15(19-3)8-5-6-12(2)11-15/h7,9,12,14,18H,4-6,8,10-11H2,1-3H3. The zero-order valence-electron chi connectivity index (χ0n) is 12.3. The molecule has 1 aliphatic rings. The Morgan fingerprint density at radius 1 is 1.63 bits per heavy atom. The van der Waals surface area contributed by atoms with E-state index < -0.39 is 11.7 Å². The zero-order valence-corrected chi connectivity index (χ0v) is 12.3. The van der Waals surface area contributed by atoms with Crippen LogP contribution in [0.5, 0.6) is 0 Å². The van der Waals surface area contributed by atoms with Gasteiger partial charge in [0.1, 0.15) is 6.10 Å². The van der Waals surface area contributed by atoms with Crippen LogP contribution in [-0.4, -0.2) is 27.6 Å². The molecule has 0 aliphatic heterocycles. The number of rotatable bonds is 5.